The van der Waals surface area contributed by atoms with Crippen molar-refractivity contribution in [1.29, 1.82) is 0 Å². The first kappa shape index (κ1) is 14.6. The molecule has 0 aliphatic heterocycles. The fourth-order valence-corrected chi connectivity index (χ4v) is 7.41. The summed E-state index contributed by atoms with van der Waals surface area (Å²) < 4.78 is 271. The number of hydrogen-bond acceptors (Lipinski definition) is 6. The SMILES string of the molecule is [2H]c1c([2H])c([2H])c(-c2nc(-c3c([2H])c([2H])c([2H])c([2H])c3[2H])nc(-c3c([2H])c([2H])c([2H])c4c3oc3c([2H])c(-c5c([2H])c(-c6c([2H])c([2H])c([2H])c7sc8c([2H])c([2H])c([2H])c([2H])c8c67)c6oc7c([2H])c([2H])c([2H])c([2H])c7c6c5[2H])c([2H])c([2H])c34)n2)c([2H])c1[2H]. The van der Waals surface area contributed by atoms with Gasteiger partial charge in [-0.15, -0.1) is 11.3 Å². The third-order valence-electron chi connectivity index (χ3n) is 8.88. The Labute approximate surface area is 370 Å². The zero-order valence-corrected chi connectivity index (χ0v) is 28.9. The summed E-state index contributed by atoms with van der Waals surface area (Å²) in [5, 5.41) is -2.74. The Morgan fingerprint density at radius 2 is 0.965 bits per heavy atom. The molecule has 0 bridgehead atoms. The Hall–Kier alpha value is -7.41. The molecule has 0 aliphatic carbocycles. The van der Waals surface area contributed by atoms with Gasteiger partial charge < -0.3 is 8.83 Å². The third kappa shape index (κ3) is 5.12. The van der Waals surface area contributed by atoms with Gasteiger partial charge in [0.1, 0.15) is 22.3 Å². The summed E-state index contributed by atoms with van der Waals surface area (Å²) >= 11 is 0.661. The summed E-state index contributed by atoms with van der Waals surface area (Å²) in [6.45, 7) is 0. The van der Waals surface area contributed by atoms with Gasteiger partial charge in [-0.3, -0.25) is 0 Å². The molecule has 12 aromatic rings. The quantitative estimate of drug-likeness (QED) is 0.174. The smallest absolute Gasteiger partial charge is 0.167 e. The Balaban J connectivity index is 1.24. The molecule has 6 heteroatoms. The largest absolute Gasteiger partial charge is 0.455 e. The number of benzene rings is 8. The summed E-state index contributed by atoms with van der Waals surface area (Å²) in [5.41, 5.74) is -7.56. The molecule has 0 amide bonds. The Morgan fingerprint density at radius 1 is 0.368 bits per heavy atom. The van der Waals surface area contributed by atoms with E-state index < -0.39 is 276 Å². The zero-order valence-electron chi connectivity index (χ0n) is 57.1. The summed E-state index contributed by atoms with van der Waals surface area (Å²) in [6, 6.07) is -24.4. The van der Waals surface area contributed by atoms with Gasteiger partial charge in [-0.25, -0.2) is 15.0 Å². The van der Waals surface area contributed by atoms with Crippen molar-refractivity contribution in [2.45, 2.75) is 0 Å². The van der Waals surface area contributed by atoms with Crippen molar-refractivity contribution in [1.82, 2.24) is 15.0 Å². The van der Waals surface area contributed by atoms with E-state index in [-0.39, 0.29) is 20.2 Å². The second-order valence-corrected chi connectivity index (χ2v) is 13.1. The summed E-state index contributed by atoms with van der Waals surface area (Å²) in [6.07, 6.45) is 0. The van der Waals surface area contributed by atoms with Crippen molar-refractivity contribution in [3.63, 3.8) is 0 Å². The van der Waals surface area contributed by atoms with E-state index in [1.807, 2.05) is 0 Å². The molecular weight excluding hydrogens is 719 g/mol. The highest BCUT2D eigenvalue weighted by Crippen LogP contribution is 2.46. The fraction of sp³-hybridized carbons (Fsp3) is 0. The number of furan rings is 2. The van der Waals surface area contributed by atoms with Crippen molar-refractivity contribution in [3.05, 3.63) is 175 Å². The van der Waals surface area contributed by atoms with Gasteiger partial charge in [0.25, 0.3) is 0 Å². The highest BCUT2D eigenvalue weighted by atomic mass is 32.1. The number of fused-ring (bicyclic) bond motifs is 9. The molecule has 0 unspecified atom stereocenters. The Bertz CT molecular complexity index is 5100. The molecule has 0 aliphatic rings. The van der Waals surface area contributed by atoms with E-state index in [4.69, 9.17) is 37.6 Å². The lowest BCUT2D eigenvalue weighted by atomic mass is 9.93. The van der Waals surface area contributed by atoms with E-state index in [1.54, 1.807) is 0 Å². The van der Waals surface area contributed by atoms with Crippen LogP contribution in [0.4, 0.5) is 0 Å². The van der Waals surface area contributed by atoms with E-state index in [0.717, 1.165) is 0 Å². The normalized spacial score (nSPS) is 19.0. The molecule has 0 N–H and O–H groups in total. The van der Waals surface area contributed by atoms with Crippen molar-refractivity contribution >= 4 is 75.4 Å². The van der Waals surface area contributed by atoms with Crippen molar-refractivity contribution < 1.29 is 48.6 Å². The van der Waals surface area contributed by atoms with Gasteiger partial charge in [-0.1, -0.05) is 127 Å². The van der Waals surface area contributed by atoms with Gasteiger partial charge in [-0.05, 0) is 65.0 Å². The monoisotopic (exact) mass is 776 g/mol. The highest BCUT2D eigenvalue weighted by molar-refractivity contribution is 7.25. The predicted octanol–water partition coefficient (Wildman–Crippen LogP) is 14.4. The first-order chi connectivity index (χ1) is 40.3. The predicted molar refractivity (Wildman–Crippen MR) is 234 cm³/mol. The molecule has 266 valence electrons. The third-order valence-corrected chi connectivity index (χ3v) is 9.90. The van der Waals surface area contributed by atoms with E-state index in [1.165, 1.54) is 0 Å². The Kier molecular flexibility index (Phi) is 3.22. The zero-order chi connectivity index (χ0) is 62.7. The summed E-state index contributed by atoms with van der Waals surface area (Å²) in [7, 11) is 0. The lowest BCUT2D eigenvalue weighted by Crippen LogP contribution is -2.00. The second kappa shape index (κ2) is 12.6. The van der Waals surface area contributed by atoms with Crippen molar-refractivity contribution in [2.24, 2.45) is 0 Å². The second-order valence-electron chi connectivity index (χ2n) is 12.1. The summed E-state index contributed by atoms with van der Waals surface area (Å²) in [4.78, 5) is 12.9. The average Bonchev–Trinajstić information content (AvgIpc) is 1.49. The minimum absolute atomic E-state index is 0.140. The lowest BCUT2D eigenvalue weighted by Gasteiger charge is -2.10. The van der Waals surface area contributed by atoms with Crippen LogP contribution in [0.1, 0.15) is 39.8 Å². The Morgan fingerprint density at radius 3 is 1.77 bits per heavy atom. The summed E-state index contributed by atoms with van der Waals surface area (Å²) in [5.74, 6) is -2.42. The van der Waals surface area contributed by atoms with Gasteiger partial charge in [0.05, 0.1) is 45.3 Å². The molecular formula is C51H29N3O2S. The van der Waals surface area contributed by atoms with E-state index >= 15 is 0 Å². The number of aromatic nitrogens is 3. The minimum Gasteiger partial charge on any atom is -0.455 e. The van der Waals surface area contributed by atoms with Crippen LogP contribution < -0.4 is 0 Å². The molecule has 12 rings (SSSR count). The molecule has 5 nitrogen and oxygen atoms in total. The maximum atomic E-state index is 10.1. The van der Waals surface area contributed by atoms with Crippen LogP contribution in [0.2, 0.25) is 0 Å². The van der Waals surface area contributed by atoms with Crippen LogP contribution >= 0.6 is 11.3 Å². The maximum Gasteiger partial charge on any atom is 0.167 e. The van der Waals surface area contributed by atoms with Crippen LogP contribution in [-0.4, -0.2) is 15.0 Å². The van der Waals surface area contributed by atoms with Gasteiger partial charge >= 0.3 is 0 Å². The topological polar surface area (TPSA) is 65.0 Å². The van der Waals surface area contributed by atoms with Gasteiger partial charge in [0.2, 0.25) is 0 Å². The van der Waals surface area contributed by atoms with Crippen LogP contribution in [-0.2, 0) is 0 Å². The van der Waals surface area contributed by atoms with Crippen LogP contribution in [0.3, 0.4) is 0 Å². The molecule has 0 saturated carbocycles. The van der Waals surface area contributed by atoms with E-state index in [2.05, 4.69) is 15.0 Å². The minimum atomic E-state index is -1.00. The standard InChI is InChI=1S/C51H29N3O2S/c1-3-13-30(14-4-1)49-52-50(31-15-5-2-6-16-31)54-51(53-49)39-21-11-20-37-35-26-25-32(29-43(35)56-47(37)39)33-27-40-34-17-7-9-22-42(34)55-48(40)41(28-33)36-19-12-24-45-46(36)38-18-8-10-23-44(38)57-45/h1-29H/i1D,2D,3D,4D,5D,6D,7D,8D,9D,10D,11D,12D,13D,14D,15D,16D,17D,18D,19D,20D,21D,22D,23D,24D,25D,26D,27D,28D,29D. The highest BCUT2D eigenvalue weighted by Gasteiger charge is 2.21. The van der Waals surface area contributed by atoms with Crippen molar-refractivity contribution in [2.75, 3.05) is 0 Å². The van der Waals surface area contributed by atoms with Gasteiger partial charge in [0.15, 0.2) is 17.5 Å². The molecule has 4 heterocycles. The van der Waals surface area contributed by atoms with E-state index in [9.17, 15) is 11.0 Å². The average molecular weight is 777 g/mol. The van der Waals surface area contributed by atoms with Gasteiger partial charge in [0, 0.05) is 58.4 Å². The van der Waals surface area contributed by atoms with Crippen LogP contribution in [0.15, 0.2) is 184 Å². The molecule has 0 saturated heterocycles. The molecule has 0 spiro atoms. The van der Waals surface area contributed by atoms with Crippen LogP contribution in [0.25, 0.3) is 120 Å². The number of rotatable bonds is 5. The van der Waals surface area contributed by atoms with Crippen LogP contribution in [0, 0.1) is 0 Å². The molecule has 0 radical (unpaired) electrons. The number of para-hydroxylation sites is 2. The van der Waals surface area contributed by atoms with E-state index in [0.29, 0.717) is 11.3 Å². The number of hydrogen-bond donors (Lipinski definition) is 0. The molecule has 0 fully saturated rings. The lowest BCUT2D eigenvalue weighted by molar-refractivity contribution is 0.669. The molecule has 4 aromatic heterocycles. The number of thiophene rings is 1. The first-order valence-corrected chi connectivity index (χ1v) is 17.4. The number of nitrogens with zero attached hydrogens (tertiary/aromatic N) is 3. The first-order valence-electron chi connectivity index (χ1n) is 31.1. The maximum absolute atomic E-state index is 10.1. The van der Waals surface area contributed by atoms with Crippen molar-refractivity contribution in [3.8, 4) is 56.4 Å². The van der Waals surface area contributed by atoms with Gasteiger partial charge in [-0.2, -0.15) is 0 Å². The molecule has 0 atom stereocenters. The molecule has 8 aromatic carbocycles. The molecule has 57 heavy (non-hydrogen) atoms. The van der Waals surface area contributed by atoms with Crippen LogP contribution in [0.5, 0.6) is 0 Å². The fourth-order valence-electron chi connectivity index (χ4n) is 6.44.